The molecule has 23 heavy (non-hydrogen) atoms. The van der Waals surface area contributed by atoms with E-state index in [0.29, 0.717) is 25.9 Å². The van der Waals surface area contributed by atoms with E-state index in [9.17, 15) is 18.0 Å². The van der Waals surface area contributed by atoms with E-state index >= 15 is 0 Å². The number of carbonyl (C=O) groups excluding carboxylic acids is 2. The maximum absolute atomic E-state index is 12.6. The number of hydrogen-bond donors (Lipinski definition) is 2. The predicted octanol–water partition coefficient (Wildman–Crippen LogP) is 0.222. The van der Waals surface area contributed by atoms with Gasteiger partial charge >= 0.3 is 0 Å². The zero-order valence-corrected chi connectivity index (χ0v) is 14.7. The third kappa shape index (κ3) is 5.17. The molecular weight excluding hydrogens is 318 g/mol. The van der Waals surface area contributed by atoms with E-state index in [1.165, 1.54) is 17.5 Å². The number of rotatable bonds is 5. The van der Waals surface area contributed by atoms with Gasteiger partial charge in [0.2, 0.25) is 21.8 Å². The quantitative estimate of drug-likeness (QED) is 0.745. The van der Waals surface area contributed by atoms with Gasteiger partial charge in [-0.25, -0.2) is 12.7 Å². The number of hydrogen-bond acceptors (Lipinski definition) is 4. The summed E-state index contributed by atoms with van der Waals surface area (Å²) in [5.74, 6) is -0.121. The van der Waals surface area contributed by atoms with Gasteiger partial charge in [0.05, 0.1) is 6.26 Å². The fourth-order valence-electron chi connectivity index (χ4n) is 3.53. The van der Waals surface area contributed by atoms with Crippen LogP contribution in [0.15, 0.2) is 0 Å². The number of sulfonamides is 1. The first-order chi connectivity index (χ1) is 10.8. The Bertz CT molecular complexity index is 535. The number of amides is 2. The third-order valence-corrected chi connectivity index (χ3v) is 6.08. The minimum absolute atomic E-state index is 0.0295. The van der Waals surface area contributed by atoms with Crippen LogP contribution in [0.4, 0.5) is 0 Å². The number of nitrogens with zero attached hydrogens (tertiary/aromatic N) is 1. The zero-order chi connectivity index (χ0) is 17.0. The maximum Gasteiger partial charge on any atom is 0.243 e. The molecule has 2 N–H and O–H groups in total. The summed E-state index contributed by atoms with van der Waals surface area (Å²) in [4.78, 5) is 24.0. The molecule has 0 aromatic heterocycles. The molecule has 132 valence electrons. The summed E-state index contributed by atoms with van der Waals surface area (Å²) < 4.78 is 24.5. The molecule has 2 amide bonds. The van der Waals surface area contributed by atoms with Crippen LogP contribution in [0.3, 0.4) is 0 Å². The van der Waals surface area contributed by atoms with Gasteiger partial charge in [0.25, 0.3) is 0 Å². The van der Waals surface area contributed by atoms with Crippen LogP contribution in [0.1, 0.15) is 45.4 Å². The summed E-state index contributed by atoms with van der Waals surface area (Å²) >= 11 is 0. The van der Waals surface area contributed by atoms with Gasteiger partial charge in [-0.1, -0.05) is 12.8 Å². The second kappa shape index (κ2) is 7.61. The molecular formula is C15H27N3O4S. The highest BCUT2D eigenvalue weighted by Gasteiger charge is 2.33. The van der Waals surface area contributed by atoms with Crippen molar-refractivity contribution in [3.05, 3.63) is 0 Å². The molecule has 8 heteroatoms. The minimum atomic E-state index is -3.16. The fraction of sp³-hybridized carbons (Fsp3) is 0.867. The highest BCUT2D eigenvalue weighted by molar-refractivity contribution is 7.88. The lowest BCUT2D eigenvalue weighted by Gasteiger charge is -2.32. The monoisotopic (exact) mass is 345 g/mol. The van der Waals surface area contributed by atoms with Crippen LogP contribution in [0, 0.1) is 5.92 Å². The average molecular weight is 345 g/mol. The number of piperidine rings is 1. The van der Waals surface area contributed by atoms with Crippen molar-refractivity contribution < 1.29 is 18.0 Å². The van der Waals surface area contributed by atoms with Crippen molar-refractivity contribution in [2.45, 2.75) is 57.5 Å². The summed E-state index contributed by atoms with van der Waals surface area (Å²) in [6, 6.07) is -0.499. The zero-order valence-electron chi connectivity index (χ0n) is 13.9. The van der Waals surface area contributed by atoms with Crippen molar-refractivity contribution in [1.29, 1.82) is 0 Å². The normalized spacial score (nSPS) is 22.7. The van der Waals surface area contributed by atoms with Crippen LogP contribution in [0.5, 0.6) is 0 Å². The molecule has 1 unspecified atom stereocenters. The van der Waals surface area contributed by atoms with Crippen molar-refractivity contribution in [1.82, 2.24) is 14.9 Å². The molecule has 1 saturated carbocycles. The Morgan fingerprint density at radius 1 is 1.09 bits per heavy atom. The van der Waals surface area contributed by atoms with Crippen molar-refractivity contribution >= 4 is 21.8 Å². The van der Waals surface area contributed by atoms with Gasteiger partial charge in [0.1, 0.15) is 6.04 Å². The van der Waals surface area contributed by atoms with Crippen LogP contribution in [0.2, 0.25) is 0 Å². The van der Waals surface area contributed by atoms with E-state index in [0.717, 1.165) is 25.7 Å². The Hall–Kier alpha value is -1.15. The first-order valence-corrected chi connectivity index (χ1v) is 10.1. The first kappa shape index (κ1) is 18.2. The van der Waals surface area contributed by atoms with Crippen LogP contribution < -0.4 is 10.6 Å². The Morgan fingerprint density at radius 3 is 2.13 bits per heavy atom. The lowest BCUT2D eigenvalue weighted by molar-refractivity contribution is -0.130. The Balaban J connectivity index is 1.90. The molecule has 0 bridgehead atoms. The molecule has 1 aliphatic carbocycles. The second-order valence-corrected chi connectivity index (χ2v) is 8.65. The first-order valence-electron chi connectivity index (χ1n) is 8.30. The van der Waals surface area contributed by atoms with Crippen molar-refractivity contribution in [3.63, 3.8) is 0 Å². The third-order valence-electron chi connectivity index (χ3n) is 4.78. The van der Waals surface area contributed by atoms with Crippen LogP contribution >= 0.6 is 0 Å². The Kier molecular flexibility index (Phi) is 6.02. The highest BCUT2D eigenvalue weighted by Crippen LogP contribution is 2.28. The summed E-state index contributed by atoms with van der Waals surface area (Å²) in [5.41, 5.74) is 0. The lowest BCUT2D eigenvalue weighted by Crippen LogP contribution is -2.54. The van der Waals surface area contributed by atoms with Crippen LogP contribution in [0.25, 0.3) is 0 Å². The number of carbonyl (C=O) groups is 2. The summed E-state index contributed by atoms with van der Waals surface area (Å²) in [6.07, 6.45) is 6.54. The topological polar surface area (TPSA) is 95.6 Å². The fourth-order valence-corrected chi connectivity index (χ4v) is 4.40. The molecule has 1 saturated heterocycles. The van der Waals surface area contributed by atoms with Gasteiger partial charge in [-0.05, 0) is 31.6 Å². The van der Waals surface area contributed by atoms with E-state index in [1.54, 1.807) is 0 Å². The van der Waals surface area contributed by atoms with E-state index in [2.05, 4.69) is 10.6 Å². The number of nitrogens with one attached hydrogen (secondary N) is 2. The van der Waals surface area contributed by atoms with E-state index < -0.39 is 16.1 Å². The van der Waals surface area contributed by atoms with Crippen LogP contribution in [-0.4, -0.2) is 56.0 Å². The second-order valence-electron chi connectivity index (χ2n) is 6.67. The molecule has 1 aliphatic heterocycles. The van der Waals surface area contributed by atoms with Crippen molar-refractivity contribution in [3.8, 4) is 0 Å². The molecule has 2 rings (SSSR count). The predicted molar refractivity (Wildman–Crippen MR) is 87.1 cm³/mol. The minimum Gasteiger partial charge on any atom is -0.351 e. The Labute approximate surface area is 138 Å². The standard InChI is InChI=1S/C15H27N3O4S/c1-11(19)16-14(12-5-3-4-6-12)15(20)17-13-7-9-18(10-8-13)23(2,21)22/h12-14H,3-10H2,1-2H3,(H,16,19)(H,17,20). The summed E-state index contributed by atoms with van der Waals surface area (Å²) in [5, 5.41) is 5.78. The molecule has 7 nitrogen and oxygen atoms in total. The van der Waals surface area contributed by atoms with Gasteiger partial charge in [-0.15, -0.1) is 0 Å². The molecule has 1 atom stereocenters. The molecule has 0 aromatic carbocycles. The van der Waals surface area contributed by atoms with Crippen molar-refractivity contribution in [2.75, 3.05) is 19.3 Å². The maximum atomic E-state index is 12.6. The van der Waals surface area contributed by atoms with Gasteiger partial charge in [-0.3, -0.25) is 9.59 Å². The summed E-state index contributed by atoms with van der Waals surface area (Å²) in [7, 11) is -3.16. The largest absolute Gasteiger partial charge is 0.351 e. The Morgan fingerprint density at radius 2 is 1.65 bits per heavy atom. The van der Waals surface area contributed by atoms with Crippen LogP contribution in [-0.2, 0) is 19.6 Å². The SMILES string of the molecule is CC(=O)NC(C(=O)NC1CCN(S(C)(=O)=O)CC1)C1CCCC1. The van der Waals surface area contributed by atoms with E-state index in [-0.39, 0.29) is 23.8 Å². The molecule has 0 aromatic rings. The van der Waals surface area contributed by atoms with E-state index in [4.69, 9.17) is 0 Å². The smallest absolute Gasteiger partial charge is 0.243 e. The average Bonchev–Trinajstić information content (AvgIpc) is 2.98. The highest BCUT2D eigenvalue weighted by atomic mass is 32.2. The van der Waals surface area contributed by atoms with Crippen molar-refractivity contribution in [2.24, 2.45) is 5.92 Å². The molecule has 1 heterocycles. The molecule has 2 aliphatic rings. The van der Waals surface area contributed by atoms with Gasteiger partial charge in [0, 0.05) is 26.1 Å². The molecule has 2 fully saturated rings. The van der Waals surface area contributed by atoms with Gasteiger partial charge in [-0.2, -0.15) is 0 Å². The molecule has 0 radical (unpaired) electrons. The summed E-state index contributed by atoms with van der Waals surface area (Å²) in [6.45, 7) is 2.29. The van der Waals surface area contributed by atoms with Gasteiger partial charge < -0.3 is 10.6 Å². The molecule has 0 spiro atoms. The van der Waals surface area contributed by atoms with Gasteiger partial charge in [0.15, 0.2) is 0 Å². The van der Waals surface area contributed by atoms with E-state index in [1.807, 2.05) is 0 Å². The lowest BCUT2D eigenvalue weighted by atomic mass is 9.96.